The van der Waals surface area contributed by atoms with Crippen molar-refractivity contribution < 1.29 is 19.4 Å². The quantitative estimate of drug-likeness (QED) is 0.852. The Hall–Kier alpha value is -2.05. The molecule has 1 atom stereocenters. The summed E-state index contributed by atoms with van der Waals surface area (Å²) in [5.74, 6) is -0.516. The number of rotatable bonds is 5. The highest BCUT2D eigenvalue weighted by Crippen LogP contribution is 2.08. The van der Waals surface area contributed by atoms with E-state index in [0.717, 1.165) is 0 Å². The zero-order valence-corrected chi connectivity index (χ0v) is 12.2. The van der Waals surface area contributed by atoms with Crippen molar-refractivity contribution in [1.29, 1.82) is 0 Å². The summed E-state index contributed by atoms with van der Waals surface area (Å²) < 4.78 is 6.88. The number of carbonyl (C=O) groups excluding carboxylic acids is 1. The predicted octanol–water partition coefficient (Wildman–Crippen LogP) is 1.42. The molecular weight excluding hydrogens is 262 g/mol. The minimum atomic E-state index is -1.12. The second-order valence-corrected chi connectivity index (χ2v) is 5.37. The van der Waals surface area contributed by atoms with Gasteiger partial charge in [-0.05, 0) is 27.7 Å². The fraction of sp³-hybridized carbons (Fsp3) is 0.615. The summed E-state index contributed by atoms with van der Waals surface area (Å²) in [4.78, 5) is 27.0. The lowest BCUT2D eigenvalue weighted by Gasteiger charge is -2.22. The third-order valence-electron chi connectivity index (χ3n) is 2.52. The van der Waals surface area contributed by atoms with Crippen LogP contribution in [0, 0.1) is 0 Å². The van der Waals surface area contributed by atoms with E-state index in [1.807, 2.05) is 11.5 Å². The highest BCUT2D eigenvalue weighted by Gasteiger charge is 2.25. The molecule has 0 saturated heterocycles. The first-order chi connectivity index (χ1) is 9.23. The number of alkyl carbamates (subject to hydrolysis) is 1. The molecule has 1 heterocycles. The molecule has 1 rings (SSSR count). The number of imidazole rings is 1. The molecule has 1 unspecified atom stereocenters. The molecule has 0 aliphatic heterocycles. The molecule has 7 nitrogen and oxygen atoms in total. The Labute approximate surface area is 118 Å². The average molecular weight is 283 g/mol. The molecule has 0 spiro atoms. The van der Waals surface area contributed by atoms with Crippen LogP contribution in [0.5, 0.6) is 0 Å². The number of aryl methyl sites for hydroxylation is 1. The summed E-state index contributed by atoms with van der Waals surface area (Å²) in [7, 11) is 0. The van der Waals surface area contributed by atoms with Gasteiger partial charge in [-0.2, -0.15) is 0 Å². The summed E-state index contributed by atoms with van der Waals surface area (Å²) in [6.07, 6.45) is 2.72. The molecular formula is C13H21N3O4. The minimum Gasteiger partial charge on any atom is -0.480 e. The summed E-state index contributed by atoms with van der Waals surface area (Å²) in [6, 6.07) is -1.07. The van der Waals surface area contributed by atoms with Crippen molar-refractivity contribution >= 4 is 12.1 Å². The predicted molar refractivity (Wildman–Crippen MR) is 72.4 cm³/mol. The minimum absolute atomic E-state index is 0.107. The number of hydrogen-bond acceptors (Lipinski definition) is 4. The first-order valence-corrected chi connectivity index (χ1v) is 6.45. The summed E-state index contributed by atoms with van der Waals surface area (Å²) >= 11 is 0. The number of carboxylic acids is 1. The van der Waals surface area contributed by atoms with Crippen LogP contribution in [0.15, 0.2) is 12.4 Å². The molecule has 2 N–H and O–H groups in total. The van der Waals surface area contributed by atoms with E-state index in [1.165, 1.54) is 0 Å². The first-order valence-electron chi connectivity index (χ1n) is 6.45. The van der Waals surface area contributed by atoms with Crippen LogP contribution in [0.2, 0.25) is 0 Å². The second kappa shape index (κ2) is 6.40. The maximum Gasteiger partial charge on any atom is 0.408 e. The number of aromatic nitrogens is 2. The maximum atomic E-state index is 11.6. The summed E-state index contributed by atoms with van der Waals surface area (Å²) in [5.41, 5.74) is -0.672. The number of amides is 1. The molecule has 20 heavy (non-hydrogen) atoms. The standard InChI is InChI=1S/C13H21N3O4/c1-5-16-7-6-14-10(16)8-9(11(17)18)15-12(19)20-13(2,3)4/h6-7,9H,5,8H2,1-4H3,(H,15,19)(H,17,18). The lowest BCUT2D eigenvalue weighted by atomic mass is 10.2. The Morgan fingerprint density at radius 2 is 2.15 bits per heavy atom. The third-order valence-corrected chi connectivity index (χ3v) is 2.52. The fourth-order valence-electron chi connectivity index (χ4n) is 1.65. The number of carbonyl (C=O) groups is 2. The van der Waals surface area contributed by atoms with Gasteiger partial charge in [0, 0.05) is 25.4 Å². The van der Waals surface area contributed by atoms with Crippen LogP contribution in [0.25, 0.3) is 0 Å². The highest BCUT2D eigenvalue weighted by atomic mass is 16.6. The Kier molecular flexibility index (Phi) is 5.12. The van der Waals surface area contributed by atoms with E-state index in [9.17, 15) is 14.7 Å². The third kappa shape index (κ3) is 4.91. The Bertz CT molecular complexity index is 476. The van der Waals surface area contributed by atoms with Gasteiger partial charge < -0.3 is 19.7 Å². The number of ether oxygens (including phenoxy) is 1. The van der Waals surface area contributed by atoms with Crippen molar-refractivity contribution in [3.63, 3.8) is 0 Å². The average Bonchev–Trinajstić information content (AvgIpc) is 2.72. The van der Waals surface area contributed by atoms with Crippen LogP contribution in [0.3, 0.4) is 0 Å². The molecule has 1 aromatic rings. The van der Waals surface area contributed by atoms with Gasteiger partial charge in [0.05, 0.1) is 0 Å². The van der Waals surface area contributed by atoms with Crippen LogP contribution in [0.1, 0.15) is 33.5 Å². The van der Waals surface area contributed by atoms with E-state index in [-0.39, 0.29) is 6.42 Å². The van der Waals surface area contributed by atoms with Crippen molar-refractivity contribution in [2.24, 2.45) is 0 Å². The Morgan fingerprint density at radius 1 is 1.50 bits per heavy atom. The van der Waals surface area contributed by atoms with Gasteiger partial charge in [-0.1, -0.05) is 0 Å². The van der Waals surface area contributed by atoms with Gasteiger partial charge in [-0.25, -0.2) is 14.6 Å². The fourth-order valence-corrected chi connectivity index (χ4v) is 1.65. The van der Waals surface area contributed by atoms with Crippen molar-refractivity contribution in [2.45, 2.75) is 52.3 Å². The topological polar surface area (TPSA) is 93.5 Å². The second-order valence-electron chi connectivity index (χ2n) is 5.37. The molecule has 112 valence electrons. The zero-order chi connectivity index (χ0) is 15.3. The summed E-state index contributed by atoms with van der Waals surface area (Å²) in [6.45, 7) is 7.76. The number of nitrogens with zero attached hydrogens (tertiary/aromatic N) is 2. The monoisotopic (exact) mass is 283 g/mol. The van der Waals surface area contributed by atoms with Crippen LogP contribution in [-0.2, 0) is 22.5 Å². The number of carboxylic acid groups (broad SMARTS) is 1. The molecule has 0 saturated carbocycles. The van der Waals surface area contributed by atoms with Crippen LogP contribution in [-0.4, -0.2) is 38.4 Å². The number of aliphatic carboxylic acids is 1. The van der Waals surface area contributed by atoms with E-state index >= 15 is 0 Å². The lowest BCUT2D eigenvalue weighted by molar-refractivity contribution is -0.139. The molecule has 7 heteroatoms. The van der Waals surface area contributed by atoms with E-state index in [0.29, 0.717) is 12.4 Å². The first kappa shape index (κ1) is 16.0. The normalized spacial score (nSPS) is 12.8. The Balaban J connectivity index is 2.71. The molecule has 0 aliphatic carbocycles. The number of nitrogens with one attached hydrogen (secondary N) is 1. The van der Waals surface area contributed by atoms with Gasteiger partial charge in [0.2, 0.25) is 0 Å². The van der Waals surface area contributed by atoms with Crippen molar-refractivity contribution in [2.75, 3.05) is 0 Å². The Morgan fingerprint density at radius 3 is 2.65 bits per heavy atom. The van der Waals surface area contributed by atoms with Gasteiger partial charge in [0.15, 0.2) is 0 Å². The van der Waals surface area contributed by atoms with Crippen molar-refractivity contribution in [3.8, 4) is 0 Å². The largest absolute Gasteiger partial charge is 0.480 e. The molecule has 1 amide bonds. The van der Waals surface area contributed by atoms with E-state index in [4.69, 9.17) is 4.74 Å². The van der Waals surface area contributed by atoms with Crippen LogP contribution in [0.4, 0.5) is 4.79 Å². The number of hydrogen-bond donors (Lipinski definition) is 2. The molecule has 1 aromatic heterocycles. The van der Waals surface area contributed by atoms with Crippen LogP contribution >= 0.6 is 0 Å². The van der Waals surface area contributed by atoms with Gasteiger partial charge >= 0.3 is 12.1 Å². The smallest absolute Gasteiger partial charge is 0.408 e. The SMILES string of the molecule is CCn1ccnc1CC(NC(=O)OC(C)(C)C)C(=O)O. The molecule has 0 fully saturated rings. The summed E-state index contributed by atoms with van der Waals surface area (Å²) in [5, 5.41) is 11.5. The van der Waals surface area contributed by atoms with E-state index < -0.39 is 23.7 Å². The van der Waals surface area contributed by atoms with Gasteiger partial charge in [-0.15, -0.1) is 0 Å². The molecule has 0 aromatic carbocycles. The van der Waals surface area contributed by atoms with Gasteiger partial charge in [0.1, 0.15) is 17.5 Å². The van der Waals surface area contributed by atoms with Crippen molar-refractivity contribution in [3.05, 3.63) is 18.2 Å². The van der Waals surface area contributed by atoms with Crippen molar-refractivity contribution in [1.82, 2.24) is 14.9 Å². The lowest BCUT2D eigenvalue weighted by Crippen LogP contribution is -2.45. The highest BCUT2D eigenvalue weighted by molar-refractivity contribution is 5.80. The zero-order valence-electron chi connectivity index (χ0n) is 12.2. The van der Waals surface area contributed by atoms with E-state index in [2.05, 4.69) is 10.3 Å². The molecule has 0 aliphatic rings. The van der Waals surface area contributed by atoms with Gasteiger partial charge in [-0.3, -0.25) is 0 Å². The van der Waals surface area contributed by atoms with E-state index in [1.54, 1.807) is 33.2 Å². The maximum absolute atomic E-state index is 11.6. The van der Waals surface area contributed by atoms with Gasteiger partial charge in [0.25, 0.3) is 0 Å². The molecule has 0 radical (unpaired) electrons. The molecule has 0 bridgehead atoms. The van der Waals surface area contributed by atoms with Crippen LogP contribution < -0.4 is 5.32 Å².